The standard InChI is InChI=1S/C31H42FN7O3/c1-4-26(40)39-16-15-38(18-20(39)11-13-33)28-22-10-12-31(23-8-5-9-24(32)27(23)37(3)29(31)41)17-25(22)34-30(35-28)42-19-21-7-6-14-36(21)2/h4-5,8-9,20-22,25,28,30,34-35H,1,6-7,10-12,14-19H2,2-3H3/t20-,21-,22?,25?,28?,30?,31-/m1/s1. The highest BCUT2D eigenvalue weighted by atomic mass is 19.1. The molecule has 6 rings (SSSR count). The number of nitrogens with one attached hydrogen (secondary N) is 2. The van der Waals surface area contributed by atoms with E-state index in [4.69, 9.17) is 4.74 Å². The van der Waals surface area contributed by atoms with E-state index in [-0.39, 0.29) is 48.2 Å². The summed E-state index contributed by atoms with van der Waals surface area (Å²) < 4.78 is 21.4. The average Bonchev–Trinajstić information content (AvgIpc) is 3.50. The van der Waals surface area contributed by atoms with Gasteiger partial charge in [-0.2, -0.15) is 5.26 Å². The Morgan fingerprint density at radius 1 is 1.24 bits per heavy atom. The number of amides is 2. The van der Waals surface area contributed by atoms with E-state index in [1.54, 1.807) is 18.0 Å². The number of fused-ring (bicyclic) bond motifs is 3. The van der Waals surface area contributed by atoms with Gasteiger partial charge in [0.15, 0.2) is 6.35 Å². The van der Waals surface area contributed by atoms with Crippen molar-refractivity contribution >= 4 is 17.5 Å². The topological polar surface area (TPSA) is 104 Å². The summed E-state index contributed by atoms with van der Waals surface area (Å²) in [5.74, 6) is -0.406. The van der Waals surface area contributed by atoms with E-state index in [9.17, 15) is 19.2 Å². The second kappa shape index (κ2) is 11.7. The fourth-order valence-electron chi connectivity index (χ4n) is 8.23. The van der Waals surface area contributed by atoms with Crippen molar-refractivity contribution in [3.05, 3.63) is 42.2 Å². The number of anilines is 1. The van der Waals surface area contributed by atoms with Crippen molar-refractivity contribution in [2.45, 2.75) is 74.6 Å². The normalized spacial score (nSPS) is 35.2. The number of rotatable bonds is 6. The fourth-order valence-corrected chi connectivity index (χ4v) is 8.23. The molecule has 2 amide bonds. The van der Waals surface area contributed by atoms with Gasteiger partial charge in [0.1, 0.15) is 5.82 Å². The zero-order valence-corrected chi connectivity index (χ0v) is 24.6. The first-order chi connectivity index (χ1) is 20.3. The summed E-state index contributed by atoms with van der Waals surface area (Å²) in [7, 11) is 3.80. The van der Waals surface area contributed by atoms with Crippen LogP contribution in [0.1, 0.15) is 44.1 Å². The highest BCUT2D eigenvalue weighted by molar-refractivity contribution is 6.08. The lowest BCUT2D eigenvalue weighted by Gasteiger charge is -2.54. The van der Waals surface area contributed by atoms with Gasteiger partial charge in [0, 0.05) is 44.7 Å². The van der Waals surface area contributed by atoms with Crippen LogP contribution < -0.4 is 15.5 Å². The Morgan fingerprint density at radius 2 is 2.07 bits per heavy atom. The Kier molecular flexibility index (Phi) is 8.11. The number of piperazine rings is 1. The van der Waals surface area contributed by atoms with Crippen LogP contribution in [-0.2, 0) is 19.7 Å². The van der Waals surface area contributed by atoms with Gasteiger partial charge in [0.05, 0.1) is 42.4 Å². The maximum atomic E-state index is 14.9. The van der Waals surface area contributed by atoms with Crippen LogP contribution >= 0.6 is 0 Å². The minimum atomic E-state index is -0.781. The van der Waals surface area contributed by atoms with E-state index in [1.807, 2.05) is 6.07 Å². The maximum Gasteiger partial charge on any atom is 0.246 e. The molecule has 10 nitrogen and oxygen atoms in total. The number of halogens is 1. The fraction of sp³-hybridized carbons (Fsp3) is 0.645. The smallest absolute Gasteiger partial charge is 0.246 e. The van der Waals surface area contributed by atoms with E-state index in [0.29, 0.717) is 50.8 Å². The summed E-state index contributed by atoms with van der Waals surface area (Å²) in [6.45, 7) is 7.03. The van der Waals surface area contributed by atoms with Gasteiger partial charge in [0.2, 0.25) is 11.8 Å². The summed E-state index contributed by atoms with van der Waals surface area (Å²) >= 11 is 0. The van der Waals surface area contributed by atoms with Crippen molar-refractivity contribution in [1.29, 1.82) is 5.26 Å². The first kappa shape index (κ1) is 29.2. The minimum Gasteiger partial charge on any atom is -0.348 e. The molecular weight excluding hydrogens is 537 g/mol. The Hall–Kier alpha value is -2.88. The second-order valence-electron chi connectivity index (χ2n) is 12.6. The molecular formula is C31H42FN7O3. The second-order valence-corrected chi connectivity index (χ2v) is 12.6. The van der Waals surface area contributed by atoms with E-state index in [0.717, 1.165) is 31.4 Å². The van der Waals surface area contributed by atoms with Crippen LogP contribution in [-0.4, -0.2) is 104 Å². The minimum absolute atomic E-state index is 0.0476. The molecule has 42 heavy (non-hydrogen) atoms. The van der Waals surface area contributed by atoms with Crippen LogP contribution in [0.3, 0.4) is 0 Å². The van der Waals surface area contributed by atoms with Crippen LogP contribution in [0.25, 0.3) is 0 Å². The lowest BCUT2D eigenvalue weighted by Crippen LogP contribution is -2.73. The zero-order valence-electron chi connectivity index (χ0n) is 24.6. The van der Waals surface area contributed by atoms with Crippen molar-refractivity contribution in [3.63, 3.8) is 0 Å². The van der Waals surface area contributed by atoms with Gasteiger partial charge in [-0.05, 0) is 63.4 Å². The Morgan fingerprint density at radius 3 is 2.81 bits per heavy atom. The number of likely N-dealkylation sites (tertiary alicyclic amines) is 1. The molecule has 5 aliphatic rings. The summed E-state index contributed by atoms with van der Waals surface area (Å²) in [6, 6.07) is 7.37. The van der Waals surface area contributed by atoms with Crippen molar-refractivity contribution in [3.8, 4) is 6.07 Å². The number of carbonyl (C=O) groups excluding carboxylic acids is 2. The number of ether oxygens (including phenoxy) is 1. The average molecular weight is 580 g/mol. The van der Waals surface area contributed by atoms with Gasteiger partial charge in [0.25, 0.3) is 0 Å². The molecule has 11 heteroatoms. The van der Waals surface area contributed by atoms with Crippen LogP contribution in [0.4, 0.5) is 10.1 Å². The molecule has 4 fully saturated rings. The Bertz CT molecular complexity index is 1270. The number of benzene rings is 1. The molecule has 4 aliphatic heterocycles. The van der Waals surface area contributed by atoms with Gasteiger partial charge in [-0.1, -0.05) is 18.7 Å². The monoisotopic (exact) mass is 579 g/mol. The molecule has 0 aromatic heterocycles. The molecule has 226 valence electrons. The zero-order chi connectivity index (χ0) is 29.6. The summed E-state index contributed by atoms with van der Waals surface area (Å²) in [4.78, 5) is 34.3. The number of para-hydroxylation sites is 1. The quantitative estimate of drug-likeness (QED) is 0.492. The van der Waals surface area contributed by atoms with Crippen molar-refractivity contribution in [2.24, 2.45) is 5.92 Å². The van der Waals surface area contributed by atoms with E-state index in [1.165, 1.54) is 17.0 Å². The molecule has 1 spiro atoms. The molecule has 4 unspecified atom stereocenters. The molecule has 1 aromatic carbocycles. The number of nitriles is 1. The molecule has 7 atom stereocenters. The molecule has 1 aromatic rings. The lowest BCUT2D eigenvalue weighted by atomic mass is 9.63. The van der Waals surface area contributed by atoms with Crippen LogP contribution in [0, 0.1) is 23.1 Å². The maximum absolute atomic E-state index is 14.9. The van der Waals surface area contributed by atoms with Crippen LogP contribution in [0.5, 0.6) is 0 Å². The number of hydrogen-bond acceptors (Lipinski definition) is 8. The molecule has 3 saturated heterocycles. The summed E-state index contributed by atoms with van der Waals surface area (Å²) in [6.07, 6.45) is 5.27. The molecule has 0 radical (unpaired) electrons. The van der Waals surface area contributed by atoms with Gasteiger partial charge in [-0.25, -0.2) is 4.39 Å². The van der Waals surface area contributed by atoms with Crippen LogP contribution in [0.2, 0.25) is 0 Å². The highest BCUT2D eigenvalue weighted by Gasteiger charge is 2.57. The number of likely N-dealkylation sites (N-methyl/N-ethyl adjacent to an activating group) is 2. The first-order valence-corrected chi connectivity index (χ1v) is 15.2. The predicted molar refractivity (Wildman–Crippen MR) is 156 cm³/mol. The molecule has 1 aliphatic carbocycles. The summed E-state index contributed by atoms with van der Waals surface area (Å²) in [5.41, 5.74) is 0.392. The SMILES string of the molecule is C=CC(=O)N1CCN(C2NC(OC[C@H]3CCCN3C)NC3C[C@@]4(CCC32)C(=O)N(C)c2c(F)cccc24)C[C@H]1CC#N. The van der Waals surface area contributed by atoms with E-state index < -0.39 is 11.8 Å². The van der Waals surface area contributed by atoms with Gasteiger partial charge in [-0.3, -0.25) is 25.1 Å². The lowest BCUT2D eigenvalue weighted by molar-refractivity contribution is -0.137. The van der Waals surface area contributed by atoms with Crippen molar-refractivity contribution in [1.82, 2.24) is 25.3 Å². The van der Waals surface area contributed by atoms with E-state index >= 15 is 0 Å². The Balaban J connectivity index is 1.27. The van der Waals surface area contributed by atoms with Gasteiger partial charge in [-0.15, -0.1) is 0 Å². The van der Waals surface area contributed by atoms with Gasteiger partial charge >= 0.3 is 0 Å². The van der Waals surface area contributed by atoms with E-state index in [2.05, 4.69) is 40.1 Å². The van der Waals surface area contributed by atoms with Crippen LogP contribution in [0.15, 0.2) is 30.9 Å². The molecule has 0 bridgehead atoms. The number of hydrogen-bond donors (Lipinski definition) is 2. The molecule has 1 saturated carbocycles. The molecule has 2 N–H and O–H groups in total. The molecule has 4 heterocycles. The first-order valence-electron chi connectivity index (χ1n) is 15.2. The largest absolute Gasteiger partial charge is 0.348 e. The Labute approximate surface area is 247 Å². The van der Waals surface area contributed by atoms with Crippen molar-refractivity contribution < 1.29 is 18.7 Å². The summed E-state index contributed by atoms with van der Waals surface area (Å²) in [5, 5.41) is 16.9. The third kappa shape index (κ3) is 4.93. The highest BCUT2D eigenvalue weighted by Crippen LogP contribution is 2.52. The number of carbonyl (C=O) groups is 2. The number of nitrogens with zero attached hydrogens (tertiary/aromatic N) is 5. The third-order valence-electron chi connectivity index (χ3n) is 10.5. The predicted octanol–water partition coefficient (Wildman–Crippen LogP) is 1.73. The van der Waals surface area contributed by atoms with Gasteiger partial charge < -0.3 is 19.4 Å². The third-order valence-corrected chi connectivity index (χ3v) is 10.5. The van der Waals surface area contributed by atoms with Crippen molar-refractivity contribution in [2.75, 3.05) is 51.8 Å².